The quantitative estimate of drug-likeness (QED) is 0.623. The van der Waals surface area contributed by atoms with E-state index in [9.17, 15) is 0 Å². The highest BCUT2D eigenvalue weighted by atomic mass is 14.9. The van der Waals surface area contributed by atoms with Crippen LogP contribution in [0.25, 0.3) is 0 Å². The number of hydrogen-bond acceptors (Lipinski definition) is 1. The van der Waals surface area contributed by atoms with Crippen LogP contribution < -0.4 is 5.32 Å². The minimum absolute atomic E-state index is 0.335. The van der Waals surface area contributed by atoms with E-state index in [1.807, 2.05) is 0 Å². The molecule has 1 fully saturated rings. The van der Waals surface area contributed by atoms with Crippen molar-refractivity contribution in [3.05, 3.63) is 12.2 Å². The van der Waals surface area contributed by atoms with Gasteiger partial charge in [0.1, 0.15) is 0 Å². The summed E-state index contributed by atoms with van der Waals surface area (Å²) in [6.45, 7) is 13.2. The van der Waals surface area contributed by atoms with Crippen LogP contribution in [0.4, 0.5) is 0 Å². The fourth-order valence-electron chi connectivity index (χ4n) is 1.89. The molecular formula is C11H21N. The summed E-state index contributed by atoms with van der Waals surface area (Å²) in [4.78, 5) is 0. The summed E-state index contributed by atoms with van der Waals surface area (Å²) >= 11 is 0. The predicted octanol–water partition coefficient (Wildman–Crippen LogP) is 2.59. The van der Waals surface area contributed by atoms with Crippen molar-refractivity contribution in [3.63, 3.8) is 0 Å². The van der Waals surface area contributed by atoms with E-state index in [-0.39, 0.29) is 0 Å². The summed E-state index contributed by atoms with van der Waals surface area (Å²) in [6, 6.07) is 0. The predicted molar refractivity (Wildman–Crippen MR) is 54.2 cm³/mol. The number of nitrogens with one attached hydrogen (secondary N) is 1. The van der Waals surface area contributed by atoms with E-state index in [4.69, 9.17) is 0 Å². The normalized spacial score (nSPS) is 20.9. The van der Waals surface area contributed by atoms with Crippen molar-refractivity contribution in [1.82, 2.24) is 5.32 Å². The van der Waals surface area contributed by atoms with Crippen LogP contribution in [0.5, 0.6) is 0 Å². The smallest absolute Gasteiger partial charge is 0.00460 e. The zero-order chi connectivity index (χ0) is 9.19. The number of allylic oxidation sites excluding steroid dienone is 1. The third-order valence-corrected chi connectivity index (χ3v) is 3.46. The lowest BCUT2D eigenvalue weighted by atomic mass is 9.70. The second-order valence-corrected chi connectivity index (χ2v) is 4.53. The van der Waals surface area contributed by atoms with E-state index in [1.54, 1.807) is 0 Å². The minimum Gasteiger partial charge on any atom is -0.317 e. The molecule has 0 radical (unpaired) electrons. The van der Waals surface area contributed by atoms with Crippen LogP contribution in [0.1, 0.15) is 33.6 Å². The molecule has 0 unspecified atom stereocenters. The van der Waals surface area contributed by atoms with Crippen molar-refractivity contribution in [3.8, 4) is 0 Å². The molecule has 70 valence electrons. The Morgan fingerprint density at radius 2 is 1.83 bits per heavy atom. The second-order valence-electron chi connectivity index (χ2n) is 4.53. The molecule has 1 aliphatic heterocycles. The molecule has 0 bridgehead atoms. The molecule has 0 saturated carbocycles. The standard InChI is InChI=1S/C11H21N/c1-9(2)11(3,4)10-5-7-12-8-6-10/h10,12H,1,5-8H2,2-4H3. The summed E-state index contributed by atoms with van der Waals surface area (Å²) in [5.74, 6) is 0.830. The van der Waals surface area contributed by atoms with Gasteiger partial charge in [0.25, 0.3) is 0 Å². The van der Waals surface area contributed by atoms with Gasteiger partial charge in [-0.3, -0.25) is 0 Å². The molecule has 1 N–H and O–H groups in total. The van der Waals surface area contributed by atoms with Crippen molar-refractivity contribution in [2.45, 2.75) is 33.6 Å². The molecule has 1 rings (SSSR count). The number of piperidine rings is 1. The van der Waals surface area contributed by atoms with E-state index < -0.39 is 0 Å². The highest BCUT2D eigenvalue weighted by Crippen LogP contribution is 2.38. The minimum atomic E-state index is 0.335. The lowest BCUT2D eigenvalue weighted by molar-refractivity contribution is 0.207. The first-order chi connectivity index (χ1) is 5.55. The van der Waals surface area contributed by atoms with Crippen LogP contribution in [-0.4, -0.2) is 13.1 Å². The Labute approximate surface area is 76.2 Å². The molecule has 0 aromatic heterocycles. The molecule has 0 aromatic carbocycles. The molecule has 0 spiro atoms. The average molecular weight is 167 g/mol. The number of rotatable bonds is 2. The van der Waals surface area contributed by atoms with E-state index in [2.05, 4.69) is 32.7 Å². The van der Waals surface area contributed by atoms with Gasteiger partial charge in [-0.15, -0.1) is 0 Å². The fraction of sp³-hybridized carbons (Fsp3) is 0.818. The van der Waals surface area contributed by atoms with Crippen molar-refractivity contribution >= 4 is 0 Å². The summed E-state index contributed by atoms with van der Waals surface area (Å²) in [5.41, 5.74) is 1.66. The molecule has 1 nitrogen and oxygen atoms in total. The van der Waals surface area contributed by atoms with Crippen LogP contribution in [0.2, 0.25) is 0 Å². The Balaban J connectivity index is 2.59. The Bertz CT molecular complexity index is 164. The van der Waals surface area contributed by atoms with E-state index in [0.717, 1.165) is 5.92 Å². The Hall–Kier alpha value is -0.300. The van der Waals surface area contributed by atoms with Crippen molar-refractivity contribution < 1.29 is 0 Å². The number of hydrogen-bond donors (Lipinski definition) is 1. The molecule has 0 aliphatic carbocycles. The third kappa shape index (κ3) is 1.89. The van der Waals surface area contributed by atoms with Crippen molar-refractivity contribution in [2.75, 3.05) is 13.1 Å². The Kier molecular flexibility index (Phi) is 2.94. The van der Waals surface area contributed by atoms with E-state index in [0.29, 0.717) is 5.41 Å². The monoisotopic (exact) mass is 167 g/mol. The molecule has 12 heavy (non-hydrogen) atoms. The van der Waals surface area contributed by atoms with Gasteiger partial charge in [-0.2, -0.15) is 0 Å². The van der Waals surface area contributed by atoms with Gasteiger partial charge in [0, 0.05) is 0 Å². The van der Waals surface area contributed by atoms with Crippen LogP contribution in [0, 0.1) is 11.3 Å². The molecule has 0 atom stereocenters. The van der Waals surface area contributed by atoms with Crippen LogP contribution in [-0.2, 0) is 0 Å². The van der Waals surface area contributed by atoms with Gasteiger partial charge in [-0.25, -0.2) is 0 Å². The lowest BCUT2D eigenvalue weighted by Crippen LogP contribution is -2.36. The third-order valence-electron chi connectivity index (χ3n) is 3.46. The zero-order valence-electron chi connectivity index (χ0n) is 8.61. The molecule has 1 aliphatic rings. The Morgan fingerprint density at radius 1 is 1.33 bits per heavy atom. The largest absolute Gasteiger partial charge is 0.317 e. The first-order valence-corrected chi connectivity index (χ1v) is 4.92. The zero-order valence-corrected chi connectivity index (χ0v) is 8.61. The van der Waals surface area contributed by atoms with Gasteiger partial charge >= 0.3 is 0 Å². The molecule has 0 aromatic rings. The van der Waals surface area contributed by atoms with Gasteiger partial charge in [-0.1, -0.05) is 26.0 Å². The molecule has 0 amide bonds. The molecule has 1 heterocycles. The fourth-order valence-corrected chi connectivity index (χ4v) is 1.89. The van der Waals surface area contributed by atoms with Gasteiger partial charge < -0.3 is 5.32 Å². The topological polar surface area (TPSA) is 12.0 Å². The van der Waals surface area contributed by atoms with Crippen molar-refractivity contribution in [2.24, 2.45) is 11.3 Å². The molecule has 1 heteroatoms. The van der Waals surface area contributed by atoms with Crippen LogP contribution >= 0.6 is 0 Å². The summed E-state index contributed by atoms with van der Waals surface area (Å²) in [7, 11) is 0. The highest BCUT2D eigenvalue weighted by Gasteiger charge is 2.30. The summed E-state index contributed by atoms with van der Waals surface area (Å²) in [5, 5.41) is 3.40. The summed E-state index contributed by atoms with van der Waals surface area (Å²) < 4.78 is 0. The average Bonchev–Trinajstić information content (AvgIpc) is 2.06. The SMILES string of the molecule is C=C(C)C(C)(C)C1CCNCC1. The van der Waals surface area contributed by atoms with Gasteiger partial charge in [0.05, 0.1) is 0 Å². The second kappa shape index (κ2) is 3.61. The van der Waals surface area contributed by atoms with Crippen LogP contribution in [0.15, 0.2) is 12.2 Å². The lowest BCUT2D eigenvalue weighted by Gasteiger charge is -2.37. The maximum atomic E-state index is 4.08. The molecular weight excluding hydrogens is 146 g/mol. The van der Waals surface area contributed by atoms with E-state index >= 15 is 0 Å². The van der Waals surface area contributed by atoms with Gasteiger partial charge in [0.15, 0.2) is 0 Å². The van der Waals surface area contributed by atoms with Gasteiger partial charge in [-0.05, 0) is 44.2 Å². The van der Waals surface area contributed by atoms with Crippen LogP contribution in [0.3, 0.4) is 0 Å². The highest BCUT2D eigenvalue weighted by molar-refractivity contribution is 5.06. The molecule has 1 saturated heterocycles. The van der Waals surface area contributed by atoms with E-state index in [1.165, 1.54) is 31.5 Å². The van der Waals surface area contributed by atoms with Crippen molar-refractivity contribution in [1.29, 1.82) is 0 Å². The maximum absolute atomic E-state index is 4.08. The summed E-state index contributed by atoms with van der Waals surface area (Å²) in [6.07, 6.45) is 2.61. The maximum Gasteiger partial charge on any atom is -0.00460 e. The first kappa shape index (κ1) is 9.79. The first-order valence-electron chi connectivity index (χ1n) is 4.92. The Morgan fingerprint density at radius 3 is 2.25 bits per heavy atom. The van der Waals surface area contributed by atoms with Gasteiger partial charge in [0.2, 0.25) is 0 Å².